The van der Waals surface area contributed by atoms with Crippen molar-refractivity contribution in [3.63, 3.8) is 0 Å². The average Bonchev–Trinajstić information content (AvgIpc) is 2.78. The number of aromatic nitrogens is 1. The summed E-state index contributed by atoms with van der Waals surface area (Å²) in [5.74, 6) is 0.498. The smallest absolute Gasteiger partial charge is 0.433 e. The Bertz CT molecular complexity index is 1100. The summed E-state index contributed by atoms with van der Waals surface area (Å²) in [6, 6.07) is 11.4. The van der Waals surface area contributed by atoms with Crippen molar-refractivity contribution in [1.29, 1.82) is 0 Å². The van der Waals surface area contributed by atoms with Crippen LogP contribution in [0.15, 0.2) is 54.7 Å². The van der Waals surface area contributed by atoms with Gasteiger partial charge in [-0.1, -0.05) is 30.3 Å². The summed E-state index contributed by atoms with van der Waals surface area (Å²) < 4.78 is 48.3. The van der Waals surface area contributed by atoms with E-state index in [1.54, 1.807) is 24.3 Å². The van der Waals surface area contributed by atoms with Crippen molar-refractivity contribution in [3.05, 3.63) is 81.7 Å². The number of pyridine rings is 1. The number of ether oxygens (including phenoxy) is 2. The molecule has 1 aromatic heterocycles. The molecule has 3 rings (SSSR count). The van der Waals surface area contributed by atoms with Gasteiger partial charge in [-0.15, -0.1) is 0 Å². The number of hydrogen-bond acceptors (Lipinski definition) is 6. The molecule has 0 radical (unpaired) electrons. The Morgan fingerprint density at radius 1 is 1.03 bits per heavy atom. The first-order valence-corrected chi connectivity index (χ1v) is 9.35. The number of methoxy groups -OCH3 is 2. The zero-order valence-corrected chi connectivity index (χ0v) is 17.1. The van der Waals surface area contributed by atoms with Crippen LogP contribution in [0.2, 0.25) is 0 Å². The van der Waals surface area contributed by atoms with Gasteiger partial charge in [0.25, 0.3) is 5.69 Å². The Labute approximate surface area is 181 Å². The molecule has 1 heterocycles. The fraction of sp³-hybridized carbons (Fsp3) is 0.227. The van der Waals surface area contributed by atoms with E-state index in [1.807, 2.05) is 0 Å². The number of rotatable bonds is 7. The van der Waals surface area contributed by atoms with Crippen LogP contribution >= 0.6 is 0 Å². The third-order valence-corrected chi connectivity index (χ3v) is 4.88. The molecule has 2 aromatic carbocycles. The topological polar surface area (TPSA) is 94.7 Å². The van der Waals surface area contributed by atoms with Gasteiger partial charge in [0.05, 0.1) is 31.3 Å². The Hall–Kier alpha value is -3.66. The molecule has 0 spiro atoms. The Kier molecular flexibility index (Phi) is 6.64. The zero-order valence-electron chi connectivity index (χ0n) is 17.1. The molecule has 1 N–H and O–H groups in total. The molecule has 10 heteroatoms. The highest BCUT2D eigenvalue weighted by atomic mass is 19.4. The number of nitro benzene ring substituents is 1. The highest BCUT2D eigenvalue weighted by Crippen LogP contribution is 2.36. The monoisotopic (exact) mass is 448 g/mol. The van der Waals surface area contributed by atoms with E-state index in [4.69, 9.17) is 9.47 Å². The lowest BCUT2D eigenvalue weighted by Crippen LogP contribution is -2.07. The lowest BCUT2D eigenvalue weighted by atomic mass is 9.97. The van der Waals surface area contributed by atoms with E-state index < -0.39 is 22.9 Å². The maximum atomic E-state index is 12.7. The van der Waals surface area contributed by atoms with Gasteiger partial charge in [-0.05, 0) is 23.3 Å². The molecule has 0 aliphatic rings. The molecule has 0 aliphatic carbocycles. The quantitative estimate of drug-likeness (QED) is 0.405. The molecule has 3 aromatic rings. The van der Waals surface area contributed by atoms with Crippen LogP contribution in [-0.2, 0) is 12.6 Å². The molecular weight excluding hydrogens is 429 g/mol. The number of hydrogen-bond donors (Lipinski definition) is 1. The molecule has 0 bridgehead atoms. The van der Waals surface area contributed by atoms with Gasteiger partial charge in [0.1, 0.15) is 5.69 Å². The largest absolute Gasteiger partial charge is 0.493 e. The van der Waals surface area contributed by atoms with Gasteiger partial charge in [0.2, 0.25) is 0 Å². The number of aliphatic hydroxyl groups excluding tert-OH is 1. The Morgan fingerprint density at radius 3 is 2.12 bits per heavy atom. The number of benzene rings is 2. The molecular formula is C22H19F3N2O5. The van der Waals surface area contributed by atoms with E-state index in [1.165, 1.54) is 32.4 Å². The van der Waals surface area contributed by atoms with E-state index in [2.05, 4.69) is 4.98 Å². The molecule has 0 saturated heterocycles. The molecule has 0 fully saturated rings. The van der Waals surface area contributed by atoms with Gasteiger partial charge in [-0.2, -0.15) is 13.2 Å². The second-order valence-electron chi connectivity index (χ2n) is 6.86. The van der Waals surface area contributed by atoms with E-state index in [9.17, 15) is 28.4 Å². The molecule has 0 amide bonds. The first-order chi connectivity index (χ1) is 15.1. The second-order valence-corrected chi connectivity index (χ2v) is 6.86. The van der Waals surface area contributed by atoms with Crippen molar-refractivity contribution in [2.24, 2.45) is 0 Å². The molecule has 7 nitrogen and oxygen atoms in total. The van der Waals surface area contributed by atoms with Crippen molar-refractivity contribution in [3.8, 4) is 22.6 Å². The second kappa shape index (κ2) is 9.23. The van der Waals surface area contributed by atoms with Crippen LogP contribution < -0.4 is 9.47 Å². The molecule has 168 valence electrons. The highest BCUT2D eigenvalue weighted by Gasteiger charge is 2.32. The van der Waals surface area contributed by atoms with Crippen LogP contribution in [0.1, 0.15) is 22.9 Å². The first-order valence-electron chi connectivity index (χ1n) is 9.35. The maximum absolute atomic E-state index is 12.7. The normalized spacial score (nSPS) is 12.3. The third-order valence-electron chi connectivity index (χ3n) is 4.88. The molecule has 0 saturated carbocycles. The lowest BCUT2D eigenvalue weighted by Gasteiger charge is -2.14. The average molecular weight is 448 g/mol. The zero-order chi connectivity index (χ0) is 23.5. The minimum atomic E-state index is -4.51. The van der Waals surface area contributed by atoms with Crippen molar-refractivity contribution in [1.82, 2.24) is 4.98 Å². The Morgan fingerprint density at radius 2 is 1.62 bits per heavy atom. The summed E-state index contributed by atoms with van der Waals surface area (Å²) in [4.78, 5) is 14.3. The van der Waals surface area contributed by atoms with Crippen molar-refractivity contribution < 1.29 is 32.7 Å². The summed E-state index contributed by atoms with van der Waals surface area (Å²) in [7, 11) is 2.77. The van der Waals surface area contributed by atoms with E-state index in [0.29, 0.717) is 22.4 Å². The summed E-state index contributed by atoms with van der Waals surface area (Å²) in [5, 5.41) is 22.1. The van der Waals surface area contributed by atoms with Crippen LogP contribution in [0.25, 0.3) is 11.1 Å². The predicted octanol–water partition coefficient (Wildman–Crippen LogP) is 4.97. The van der Waals surface area contributed by atoms with Crippen LogP contribution in [0.5, 0.6) is 11.5 Å². The standard InChI is InChI=1S/C22H19F3N2O5/c1-31-19-10-16(17(27(29)30)11-20(19)32-2)9-18(28)14-5-3-13(4-6-14)15-7-8-21(26-12-15)22(23,24)25/h3-8,10-12,18,28H,9H2,1-2H3. The fourth-order valence-electron chi connectivity index (χ4n) is 3.20. The number of alkyl halides is 3. The molecule has 0 aliphatic heterocycles. The van der Waals surface area contributed by atoms with Crippen LogP contribution in [0.4, 0.5) is 18.9 Å². The lowest BCUT2D eigenvalue weighted by molar-refractivity contribution is -0.385. The summed E-state index contributed by atoms with van der Waals surface area (Å²) in [5.41, 5.74) is 0.640. The number of aliphatic hydroxyl groups is 1. The van der Waals surface area contributed by atoms with Crippen LogP contribution in [0, 0.1) is 10.1 Å². The summed E-state index contributed by atoms with van der Waals surface area (Å²) in [6.45, 7) is 0. The highest BCUT2D eigenvalue weighted by molar-refractivity contribution is 5.63. The first kappa shape index (κ1) is 23.0. The van der Waals surface area contributed by atoms with Gasteiger partial charge in [0.15, 0.2) is 11.5 Å². The minimum Gasteiger partial charge on any atom is -0.493 e. The molecule has 1 atom stereocenters. The van der Waals surface area contributed by atoms with E-state index in [0.717, 1.165) is 12.3 Å². The van der Waals surface area contributed by atoms with Crippen molar-refractivity contribution in [2.75, 3.05) is 14.2 Å². The van der Waals surface area contributed by atoms with Gasteiger partial charge < -0.3 is 14.6 Å². The van der Waals surface area contributed by atoms with Gasteiger partial charge in [0, 0.05) is 23.7 Å². The van der Waals surface area contributed by atoms with Gasteiger partial charge in [-0.3, -0.25) is 15.1 Å². The minimum absolute atomic E-state index is 0.0577. The molecule has 32 heavy (non-hydrogen) atoms. The number of halogens is 3. The number of nitrogens with zero attached hydrogens (tertiary/aromatic N) is 2. The van der Waals surface area contributed by atoms with Crippen LogP contribution in [-0.4, -0.2) is 29.2 Å². The summed E-state index contributed by atoms with van der Waals surface area (Å²) in [6.07, 6.45) is -4.51. The maximum Gasteiger partial charge on any atom is 0.433 e. The Balaban J connectivity index is 1.82. The fourth-order valence-corrected chi connectivity index (χ4v) is 3.20. The summed E-state index contributed by atoms with van der Waals surface area (Å²) >= 11 is 0. The van der Waals surface area contributed by atoms with Crippen LogP contribution in [0.3, 0.4) is 0 Å². The van der Waals surface area contributed by atoms with Gasteiger partial charge >= 0.3 is 6.18 Å². The molecule has 1 unspecified atom stereocenters. The van der Waals surface area contributed by atoms with Crippen molar-refractivity contribution >= 4 is 5.69 Å². The van der Waals surface area contributed by atoms with E-state index >= 15 is 0 Å². The van der Waals surface area contributed by atoms with E-state index in [-0.39, 0.29) is 23.4 Å². The van der Waals surface area contributed by atoms with Crippen molar-refractivity contribution in [2.45, 2.75) is 18.7 Å². The van der Waals surface area contributed by atoms with Gasteiger partial charge in [-0.25, -0.2) is 0 Å². The SMILES string of the molecule is COc1cc(CC(O)c2ccc(-c3ccc(C(F)(F)F)nc3)cc2)c([N+](=O)[O-])cc1OC. The number of nitro groups is 1. The predicted molar refractivity (Wildman–Crippen MR) is 110 cm³/mol. The third kappa shape index (κ3) is 4.97.